The van der Waals surface area contributed by atoms with E-state index in [-0.39, 0.29) is 11.6 Å². The number of fused-ring (bicyclic) bond motifs is 2. The summed E-state index contributed by atoms with van der Waals surface area (Å²) in [6, 6.07) is 15.8. The van der Waals surface area contributed by atoms with Crippen molar-refractivity contribution in [3.05, 3.63) is 72.1 Å². The van der Waals surface area contributed by atoms with Gasteiger partial charge in [-0.2, -0.15) is 0 Å². The number of aromatic nitrogens is 2. The molecule has 0 saturated heterocycles. The molecule has 176 valence electrons. The van der Waals surface area contributed by atoms with Crippen LogP contribution in [0.15, 0.2) is 60.9 Å². The second kappa shape index (κ2) is 10.9. The van der Waals surface area contributed by atoms with E-state index in [9.17, 15) is 9.59 Å². The Morgan fingerprint density at radius 1 is 0.829 bits per heavy atom. The van der Waals surface area contributed by atoms with Crippen LogP contribution >= 0.6 is 0 Å². The normalized spacial score (nSPS) is 12.2. The number of aryl methyl sites for hydroxylation is 2. The lowest BCUT2D eigenvalue weighted by atomic mass is 10.1. The fourth-order valence-corrected chi connectivity index (χ4v) is 3.98. The predicted octanol–water partition coefficient (Wildman–Crippen LogP) is 6.33. The molecule has 4 heteroatoms. The number of unbranched alkanes of at least 4 members (excludes halogenated alkanes) is 2. The summed E-state index contributed by atoms with van der Waals surface area (Å²) in [6.07, 6.45) is 8.99. The van der Waals surface area contributed by atoms with Crippen molar-refractivity contribution in [1.82, 2.24) is 9.13 Å². The van der Waals surface area contributed by atoms with Crippen LogP contribution in [0.5, 0.6) is 0 Å². The van der Waals surface area contributed by atoms with Crippen LogP contribution in [0.25, 0.3) is 21.8 Å². The standard InChI is InChI=1S/C16H17NO.C15H13NO/c1-3-4-5-6-11-16(18)14-12-17(2)15-10-8-7-9-13(14)15;1-16-10-13(12-4-2-3-5-14(12)16)15(17)9-8-11-6-7-11/h7-10,12H,3-5H2,1-2H3;2-5,10-11H,6-7H2,1H3. The van der Waals surface area contributed by atoms with Crippen molar-refractivity contribution in [2.45, 2.75) is 39.0 Å². The molecule has 4 aromatic rings. The van der Waals surface area contributed by atoms with Crippen molar-refractivity contribution < 1.29 is 9.59 Å². The van der Waals surface area contributed by atoms with Gasteiger partial charge in [-0.3, -0.25) is 9.59 Å². The summed E-state index contributed by atoms with van der Waals surface area (Å²) in [5.74, 6) is 11.8. The lowest BCUT2D eigenvalue weighted by Crippen LogP contribution is -1.93. The number of rotatable bonds is 4. The number of nitrogens with zero attached hydrogens (tertiary/aromatic N) is 2. The summed E-state index contributed by atoms with van der Waals surface area (Å²) in [4.78, 5) is 24.1. The average Bonchev–Trinajstić information content (AvgIpc) is 3.57. The Balaban J connectivity index is 0.000000165. The van der Waals surface area contributed by atoms with Crippen LogP contribution in [0.3, 0.4) is 0 Å². The van der Waals surface area contributed by atoms with E-state index < -0.39 is 0 Å². The predicted molar refractivity (Wildman–Crippen MR) is 142 cm³/mol. The highest BCUT2D eigenvalue weighted by Gasteiger charge is 2.19. The molecule has 4 nitrogen and oxygen atoms in total. The van der Waals surface area contributed by atoms with E-state index in [1.165, 1.54) is 0 Å². The number of hydrogen-bond donors (Lipinski definition) is 0. The van der Waals surface area contributed by atoms with Crippen molar-refractivity contribution >= 4 is 33.4 Å². The van der Waals surface area contributed by atoms with Crippen molar-refractivity contribution in [2.24, 2.45) is 20.0 Å². The summed E-state index contributed by atoms with van der Waals surface area (Å²) >= 11 is 0. The van der Waals surface area contributed by atoms with Crippen LogP contribution in [0.1, 0.15) is 59.7 Å². The Morgan fingerprint density at radius 3 is 1.86 bits per heavy atom. The highest BCUT2D eigenvalue weighted by Crippen LogP contribution is 2.27. The second-order valence-electron chi connectivity index (χ2n) is 8.95. The molecule has 0 unspecified atom stereocenters. The quantitative estimate of drug-likeness (QED) is 0.154. The monoisotopic (exact) mass is 462 g/mol. The van der Waals surface area contributed by atoms with Crippen LogP contribution in [-0.2, 0) is 14.1 Å². The Bertz CT molecular complexity index is 1510. The lowest BCUT2D eigenvalue weighted by molar-refractivity contribution is 0.104. The number of carbonyl (C=O) groups excluding carboxylic acids is 2. The number of ketones is 2. The van der Waals surface area contributed by atoms with Crippen LogP contribution in [-0.4, -0.2) is 20.7 Å². The third-order valence-corrected chi connectivity index (χ3v) is 6.11. The first-order chi connectivity index (χ1) is 17.0. The molecule has 0 N–H and O–H groups in total. The van der Waals surface area contributed by atoms with Gasteiger partial charge >= 0.3 is 0 Å². The van der Waals surface area contributed by atoms with Gasteiger partial charge in [0.15, 0.2) is 0 Å². The molecule has 1 aliphatic carbocycles. The number of carbonyl (C=O) groups is 2. The van der Waals surface area contributed by atoms with Crippen LogP contribution < -0.4 is 0 Å². The highest BCUT2D eigenvalue weighted by molar-refractivity contribution is 6.17. The van der Waals surface area contributed by atoms with E-state index in [1.54, 1.807) is 0 Å². The minimum Gasteiger partial charge on any atom is -0.350 e. The Morgan fingerprint density at radius 2 is 1.34 bits per heavy atom. The zero-order valence-corrected chi connectivity index (χ0v) is 20.6. The van der Waals surface area contributed by atoms with E-state index in [1.807, 2.05) is 84.2 Å². The molecule has 0 aliphatic heterocycles. The highest BCUT2D eigenvalue weighted by atomic mass is 16.1. The van der Waals surface area contributed by atoms with E-state index in [0.29, 0.717) is 11.5 Å². The van der Waals surface area contributed by atoms with Gasteiger partial charge in [-0.25, -0.2) is 0 Å². The van der Waals surface area contributed by atoms with Crippen molar-refractivity contribution in [3.8, 4) is 23.7 Å². The zero-order valence-electron chi connectivity index (χ0n) is 20.6. The van der Waals surface area contributed by atoms with Crippen molar-refractivity contribution in [3.63, 3.8) is 0 Å². The largest absolute Gasteiger partial charge is 0.350 e. The maximum Gasteiger partial charge on any atom is 0.238 e. The molecule has 0 bridgehead atoms. The van der Waals surface area contributed by atoms with Gasteiger partial charge in [-0.1, -0.05) is 61.6 Å². The third kappa shape index (κ3) is 5.73. The van der Waals surface area contributed by atoms with E-state index >= 15 is 0 Å². The van der Waals surface area contributed by atoms with E-state index in [2.05, 4.69) is 30.6 Å². The van der Waals surface area contributed by atoms with Gasteiger partial charge in [0.25, 0.3) is 0 Å². The van der Waals surface area contributed by atoms with Gasteiger partial charge in [0.1, 0.15) is 0 Å². The van der Waals surface area contributed by atoms with Gasteiger partial charge in [0.05, 0.1) is 11.1 Å². The molecule has 2 aromatic heterocycles. The Labute approximate surface area is 206 Å². The van der Waals surface area contributed by atoms with E-state index in [0.717, 1.165) is 59.5 Å². The molecule has 1 saturated carbocycles. The van der Waals surface area contributed by atoms with Gasteiger partial charge in [0.2, 0.25) is 11.6 Å². The van der Waals surface area contributed by atoms with E-state index in [4.69, 9.17) is 0 Å². The average molecular weight is 463 g/mol. The van der Waals surface area contributed by atoms with Gasteiger partial charge in [0, 0.05) is 60.6 Å². The maximum atomic E-state index is 12.0. The maximum absolute atomic E-state index is 12.0. The zero-order chi connectivity index (χ0) is 24.8. The summed E-state index contributed by atoms with van der Waals surface area (Å²) in [6.45, 7) is 2.12. The molecule has 35 heavy (non-hydrogen) atoms. The molecule has 0 spiro atoms. The topological polar surface area (TPSA) is 44.0 Å². The number of benzene rings is 2. The van der Waals surface area contributed by atoms with Gasteiger partial charge in [-0.05, 0) is 43.2 Å². The Kier molecular flexibility index (Phi) is 7.54. The molecular formula is C31H30N2O2. The number of Topliss-reactive ketones (excluding diaryl/α,β-unsaturated/α-hetero) is 2. The molecule has 0 amide bonds. The molecular weight excluding hydrogens is 432 g/mol. The molecule has 5 rings (SSSR count). The minimum absolute atomic E-state index is 0.0614. The second-order valence-corrected chi connectivity index (χ2v) is 8.95. The smallest absolute Gasteiger partial charge is 0.238 e. The van der Waals surface area contributed by atoms with Gasteiger partial charge < -0.3 is 9.13 Å². The molecule has 1 aliphatic rings. The third-order valence-electron chi connectivity index (χ3n) is 6.11. The first-order valence-electron chi connectivity index (χ1n) is 12.2. The van der Waals surface area contributed by atoms with Crippen molar-refractivity contribution in [2.75, 3.05) is 0 Å². The molecule has 0 atom stereocenters. The summed E-state index contributed by atoms with van der Waals surface area (Å²) in [7, 11) is 3.90. The summed E-state index contributed by atoms with van der Waals surface area (Å²) < 4.78 is 3.94. The lowest BCUT2D eigenvalue weighted by Gasteiger charge is -1.93. The minimum atomic E-state index is -0.0806. The first-order valence-corrected chi connectivity index (χ1v) is 12.2. The summed E-state index contributed by atoms with van der Waals surface area (Å²) in [5, 5.41) is 1.97. The van der Waals surface area contributed by atoms with Gasteiger partial charge in [-0.15, -0.1) is 0 Å². The first kappa shape index (κ1) is 24.1. The Hall–Kier alpha value is -4.02. The molecule has 1 fully saturated rings. The molecule has 2 aromatic carbocycles. The SMILES string of the molecule is CCCCC#CC(=O)c1cn(C)c2ccccc12.Cn1cc(C(=O)C#CC2CC2)c2ccccc21. The van der Waals surface area contributed by atoms with Crippen LogP contribution in [0.4, 0.5) is 0 Å². The van der Waals surface area contributed by atoms with Crippen LogP contribution in [0, 0.1) is 29.6 Å². The number of hydrogen-bond acceptors (Lipinski definition) is 2. The summed E-state index contributed by atoms with van der Waals surface area (Å²) in [5.41, 5.74) is 3.56. The van der Waals surface area contributed by atoms with Crippen LogP contribution in [0.2, 0.25) is 0 Å². The number of para-hydroxylation sites is 2. The fraction of sp³-hybridized carbons (Fsp3) is 0.290. The molecule has 2 heterocycles. The van der Waals surface area contributed by atoms with Crippen molar-refractivity contribution in [1.29, 1.82) is 0 Å². The fourth-order valence-electron chi connectivity index (χ4n) is 3.98. The molecule has 0 radical (unpaired) electrons.